The average molecular weight is 1540 g/mol. The number of benzene rings is 16. The van der Waals surface area contributed by atoms with Crippen molar-refractivity contribution in [1.82, 2.24) is 9.13 Å². The summed E-state index contributed by atoms with van der Waals surface area (Å²) in [7, 11) is 0. The van der Waals surface area contributed by atoms with Crippen molar-refractivity contribution in [3.63, 3.8) is 0 Å². The largest absolute Gasteiger partial charge is 0.311 e. The fourth-order valence-electron chi connectivity index (χ4n) is 19.1. The second-order valence-corrected chi connectivity index (χ2v) is 37.9. The van der Waals surface area contributed by atoms with Gasteiger partial charge in [0.25, 0.3) is 6.71 Å². The zero-order valence-corrected chi connectivity index (χ0v) is 70.0. The van der Waals surface area contributed by atoms with Crippen LogP contribution in [0.3, 0.4) is 0 Å². The quantitative estimate of drug-likeness (QED) is 0.127. The summed E-state index contributed by atoms with van der Waals surface area (Å²) in [6, 6.07) is 133. The molecule has 6 heteroatoms. The second-order valence-electron chi connectivity index (χ2n) is 36.9. The molecule has 0 radical (unpaired) electrons. The molecule has 2 aliphatic heterocycles. The zero-order chi connectivity index (χ0) is 80.4. The fourth-order valence-corrected chi connectivity index (χ4v) is 20.4. The first-order valence-corrected chi connectivity index (χ1v) is 42.6. The molecular weight excluding hydrogens is 1440 g/mol. The maximum absolute atomic E-state index is 2.74. The third-order valence-electron chi connectivity index (χ3n) is 25.3. The molecule has 0 bridgehead atoms. The van der Waals surface area contributed by atoms with Gasteiger partial charge >= 0.3 is 0 Å². The van der Waals surface area contributed by atoms with Gasteiger partial charge in [0, 0.05) is 76.3 Å². The molecule has 0 fully saturated rings. The predicted octanol–water partition coefficient (Wildman–Crippen LogP) is 29.5. The number of thiophene rings is 1. The average Bonchev–Trinajstić information content (AvgIpc) is 0.916. The van der Waals surface area contributed by atoms with Crippen LogP contribution in [-0.4, -0.2) is 15.8 Å². The molecule has 0 atom stereocenters. The lowest BCUT2D eigenvalue weighted by molar-refractivity contribution is 0.590. The number of para-hydroxylation sites is 2. The van der Waals surface area contributed by atoms with Gasteiger partial charge in [0.05, 0.1) is 55.2 Å². The number of rotatable bonds is 10. The normalized spacial score (nSPS) is 13.0. The molecule has 2 aliphatic rings. The summed E-state index contributed by atoms with van der Waals surface area (Å²) in [6.07, 6.45) is 0. The van der Waals surface area contributed by atoms with Gasteiger partial charge in [-0.3, -0.25) is 0 Å². The maximum atomic E-state index is 2.74. The van der Waals surface area contributed by atoms with Gasteiger partial charge in [-0.15, -0.1) is 11.3 Å². The third-order valence-corrected chi connectivity index (χ3v) is 26.5. The van der Waals surface area contributed by atoms with Crippen LogP contribution in [0.2, 0.25) is 0 Å². The molecule has 16 aromatic carbocycles. The molecule has 21 rings (SSSR count). The Labute approximate surface area is 697 Å². The predicted molar refractivity (Wildman–Crippen MR) is 509 cm³/mol. The Morgan fingerprint density at radius 2 is 0.576 bits per heavy atom. The van der Waals surface area contributed by atoms with Crippen molar-refractivity contribution >= 4 is 132 Å². The van der Waals surface area contributed by atoms with E-state index in [0.717, 1.165) is 84.3 Å². The van der Waals surface area contributed by atoms with Crippen LogP contribution < -0.4 is 26.2 Å². The highest BCUT2D eigenvalue weighted by molar-refractivity contribution is 7.26. The Kier molecular flexibility index (Phi) is 16.8. The zero-order valence-electron chi connectivity index (χ0n) is 69.2. The van der Waals surface area contributed by atoms with Crippen molar-refractivity contribution in [1.29, 1.82) is 0 Å². The van der Waals surface area contributed by atoms with E-state index in [2.05, 4.69) is 448 Å². The molecule has 5 heterocycles. The number of nitrogens with zero attached hydrogens (tertiary/aromatic N) is 4. The third kappa shape index (κ3) is 11.9. The van der Waals surface area contributed by atoms with Crippen LogP contribution >= 0.6 is 11.3 Å². The Bertz CT molecular complexity index is 6970. The summed E-state index contributed by atoms with van der Waals surface area (Å²) in [5.41, 5.74) is 35.9. The minimum absolute atomic E-state index is 0.100. The molecule has 3 aromatic heterocycles. The van der Waals surface area contributed by atoms with Crippen molar-refractivity contribution in [3.8, 4) is 78.1 Å². The highest BCUT2D eigenvalue weighted by Crippen LogP contribution is 2.56. The lowest BCUT2D eigenvalue weighted by atomic mass is 9.33. The van der Waals surface area contributed by atoms with Crippen molar-refractivity contribution in [2.45, 2.75) is 105 Å². The van der Waals surface area contributed by atoms with Crippen LogP contribution in [0.5, 0.6) is 0 Å². The summed E-state index contributed by atoms with van der Waals surface area (Å²) in [6.45, 7) is 27.8. The summed E-state index contributed by atoms with van der Waals surface area (Å²) < 4.78 is 7.76. The van der Waals surface area contributed by atoms with Crippen molar-refractivity contribution < 1.29 is 0 Å². The van der Waals surface area contributed by atoms with Crippen molar-refractivity contribution in [3.05, 3.63) is 368 Å². The molecule has 0 unspecified atom stereocenters. The summed E-state index contributed by atoms with van der Waals surface area (Å²) in [5.74, 6) is 0. The minimum Gasteiger partial charge on any atom is -0.311 e. The minimum atomic E-state index is -0.382. The summed E-state index contributed by atoms with van der Waals surface area (Å²) >= 11 is 1.92. The maximum Gasteiger partial charge on any atom is 0.252 e. The van der Waals surface area contributed by atoms with Crippen molar-refractivity contribution in [2.24, 2.45) is 0 Å². The molecular formula is C112H93BN4S. The lowest BCUT2D eigenvalue weighted by Crippen LogP contribution is -2.61. The summed E-state index contributed by atoms with van der Waals surface area (Å²) in [4.78, 5) is 5.45. The van der Waals surface area contributed by atoms with E-state index >= 15 is 0 Å². The van der Waals surface area contributed by atoms with Gasteiger partial charge in [0.15, 0.2) is 0 Å². The van der Waals surface area contributed by atoms with Gasteiger partial charge in [-0.2, -0.15) is 0 Å². The number of fused-ring (bicyclic) bond motifs is 14. The molecule has 570 valence electrons. The number of anilines is 6. The standard InChI is InChI=1S/C112H93BN4S/c1-109(2,3)78-51-55-96-87(61-78)88-62-79(110(4,5)6)52-56-97(88)114(96)100-68-92-102(65-85(100)72-37-21-15-22-38-72)116(94-48-28-25-45-82(94)76-43-31-41-74(59-76)70-33-17-13-18-34-70)104-67-91-84-47-27-30-50-105(84)118-108(91)107-106(104)113(92)93-69-101(115-98-57-53-80(111(7,8)9)63-89(98)90-64-81(112(10,11)12)54-58-99(90)115)86(73-39-23-16-24-40-73)66-103(93)117(107)95-49-29-26-46-83(95)77-44-32-42-75(60-77)71-35-19-14-20-36-71/h13-69H,1-12H3. The number of aromatic nitrogens is 2. The fraction of sp³-hybridized carbons (Fsp3) is 0.143. The smallest absolute Gasteiger partial charge is 0.252 e. The number of hydrogen-bond acceptors (Lipinski definition) is 3. The molecule has 118 heavy (non-hydrogen) atoms. The first-order chi connectivity index (χ1) is 57.1. The van der Waals surface area contributed by atoms with Gasteiger partial charge in [-0.1, -0.05) is 320 Å². The lowest BCUT2D eigenvalue weighted by Gasteiger charge is -2.45. The van der Waals surface area contributed by atoms with Crippen LogP contribution in [0.25, 0.3) is 142 Å². The summed E-state index contributed by atoms with van der Waals surface area (Å²) in [5, 5.41) is 7.44. The van der Waals surface area contributed by atoms with E-state index in [9.17, 15) is 0 Å². The Balaban J connectivity index is 0.965. The monoisotopic (exact) mass is 1540 g/mol. The highest BCUT2D eigenvalue weighted by Gasteiger charge is 2.47. The molecule has 0 aliphatic carbocycles. The van der Waals surface area contributed by atoms with E-state index < -0.39 is 0 Å². The Hall–Kier alpha value is -13.0. The van der Waals surface area contributed by atoms with Gasteiger partial charge in [-0.25, -0.2) is 0 Å². The van der Waals surface area contributed by atoms with E-state index in [-0.39, 0.29) is 28.4 Å². The molecule has 0 N–H and O–H groups in total. The SMILES string of the molecule is CC(C)(C)c1ccc2c(c1)c1cc(C(C)(C)C)ccc1n2-c1cc2c(cc1-c1ccccc1)N(c1ccccc1-c1cccc(-c3ccccc3)c1)c1cc3c(sc4ccccc43)c3c1B2c1cc(-n2c4ccc(C(C)(C)C)cc4c4cc(C(C)(C)C)ccc42)c(-c2ccccc2)cc1N3c1ccccc1-c1cccc(-c2ccccc2)c1. The molecule has 0 saturated heterocycles. The molecule has 0 spiro atoms. The first-order valence-electron chi connectivity index (χ1n) is 41.8. The van der Waals surface area contributed by atoms with Gasteiger partial charge in [0.1, 0.15) is 0 Å². The molecule has 19 aromatic rings. The van der Waals surface area contributed by atoms with E-state index in [1.807, 2.05) is 11.3 Å². The van der Waals surface area contributed by atoms with Crippen LogP contribution in [0.4, 0.5) is 34.1 Å². The van der Waals surface area contributed by atoms with Crippen LogP contribution in [0, 0.1) is 0 Å². The molecule has 4 nitrogen and oxygen atoms in total. The van der Waals surface area contributed by atoms with Crippen LogP contribution in [0.15, 0.2) is 346 Å². The van der Waals surface area contributed by atoms with E-state index in [0.29, 0.717) is 0 Å². The van der Waals surface area contributed by atoms with Crippen molar-refractivity contribution in [2.75, 3.05) is 9.80 Å². The molecule has 0 saturated carbocycles. The van der Waals surface area contributed by atoms with E-state index in [1.54, 1.807) is 0 Å². The van der Waals surface area contributed by atoms with Crippen LogP contribution in [-0.2, 0) is 21.7 Å². The second kappa shape index (κ2) is 27.3. The van der Waals surface area contributed by atoms with E-state index in [1.165, 1.54) is 130 Å². The van der Waals surface area contributed by atoms with Crippen LogP contribution in [0.1, 0.15) is 105 Å². The van der Waals surface area contributed by atoms with Gasteiger partial charge in [-0.05, 0) is 214 Å². The van der Waals surface area contributed by atoms with E-state index in [4.69, 9.17) is 0 Å². The first kappa shape index (κ1) is 72.7. The molecule has 0 amide bonds. The highest BCUT2D eigenvalue weighted by atomic mass is 32.1. The number of hydrogen-bond donors (Lipinski definition) is 0. The van der Waals surface area contributed by atoms with Gasteiger partial charge in [0.2, 0.25) is 0 Å². The Morgan fingerprint density at radius 1 is 0.229 bits per heavy atom. The Morgan fingerprint density at radius 3 is 0.992 bits per heavy atom. The topological polar surface area (TPSA) is 16.3 Å². The van der Waals surface area contributed by atoms with Gasteiger partial charge < -0.3 is 18.9 Å².